The molecule has 0 amide bonds. The van der Waals surface area contributed by atoms with Crippen LogP contribution in [0.15, 0.2) is 6.08 Å². The summed E-state index contributed by atoms with van der Waals surface area (Å²) < 4.78 is 29.2. The molecule has 6 heterocycles. The van der Waals surface area contributed by atoms with Crippen molar-refractivity contribution < 1.29 is 9.47 Å². The van der Waals surface area contributed by atoms with E-state index in [9.17, 15) is 0 Å². The van der Waals surface area contributed by atoms with Gasteiger partial charge < -0.3 is 14.4 Å². The molecule has 4 aliphatic heterocycles. The first-order valence-electron chi connectivity index (χ1n) is 14.6. The third-order valence-electron chi connectivity index (χ3n) is 8.10. The van der Waals surface area contributed by atoms with Crippen LogP contribution in [0.2, 0.25) is 0 Å². The highest BCUT2D eigenvalue weighted by Gasteiger charge is 2.38. The van der Waals surface area contributed by atoms with Crippen molar-refractivity contribution in [3.63, 3.8) is 0 Å². The zero-order chi connectivity index (χ0) is 26.7. The Balaban J connectivity index is 0.000000178. The Hall–Kier alpha value is -1.62. The normalized spacial score (nSPS) is 25.0. The fourth-order valence-electron chi connectivity index (χ4n) is 5.42. The van der Waals surface area contributed by atoms with E-state index in [0.717, 1.165) is 81.1 Å². The van der Waals surface area contributed by atoms with Gasteiger partial charge in [0.15, 0.2) is 0 Å². The molecule has 3 saturated heterocycles. The topological polar surface area (TPSA) is 76.5 Å². The van der Waals surface area contributed by atoms with E-state index >= 15 is 0 Å². The first-order valence-corrected chi connectivity index (χ1v) is 16.1. The molecule has 38 heavy (non-hydrogen) atoms. The predicted octanol–water partition coefficient (Wildman–Crippen LogP) is 6.13. The number of fused-ring (bicyclic) bond motifs is 3. The zero-order valence-electron chi connectivity index (χ0n) is 23.7. The number of likely N-dealkylation sites (N-methyl/N-ethyl adjacent to an activating group) is 1. The number of piperidine rings is 3. The van der Waals surface area contributed by atoms with Crippen molar-refractivity contribution in [2.24, 2.45) is 5.92 Å². The third kappa shape index (κ3) is 7.96. The van der Waals surface area contributed by atoms with Crippen LogP contribution in [0.5, 0.6) is 11.8 Å². The second kappa shape index (κ2) is 15.2. The maximum atomic E-state index is 5.82. The molecule has 4 aliphatic rings. The molecule has 0 saturated carbocycles. The van der Waals surface area contributed by atoms with Crippen molar-refractivity contribution in [2.75, 3.05) is 46.4 Å². The van der Waals surface area contributed by atoms with Crippen LogP contribution in [0.1, 0.15) is 95.9 Å². The number of nitrogens with zero attached hydrogens (tertiary/aromatic N) is 6. The molecule has 0 radical (unpaired) electrons. The molecular formula is C28H46N6O2S2. The van der Waals surface area contributed by atoms with Gasteiger partial charge in [0.1, 0.15) is 11.4 Å². The second-order valence-electron chi connectivity index (χ2n) is 11.0. The van der Waals surface area contributed by atoms with Gasteiger partial charge in [-0.3, -0.25) is 4.90 Å². The van der Waals surface area contributed by atoms with Crippen LogP contribution in [0.25, 0.3) is 5.57 Å². The molecule has 8 nitrogen and oxygen atoms in total. The SMILES string of the molecule is CCCCCCOc1nsnc1C1=CCC(C)N(C)C1.CCCCOc1nsnc1C1CN2CCC1CC2. The van der Waals surface area contributed by atoms with Crippen LogP contribution in [-0.2, 0) is 0 Å². The second-order valence-corrected chi connectivity index (χ2v) is 12.0. The molecule has 0 aromatic carbocycles. The Labute approximate surface area is 237 Å². The quantitative estimate of drug-likeness (QED) is 0.286. The molecule has 6 rings (SSSR count). The molecule has 2 unspecified atom stereocenters. The van der Waals surface area contributed by atoms with E-state index in [1.54, 1.807) is 0 Å². The zero-order valence-corrected chi connectivity index (χ0v) is 25.4. The van der Waals surface area contributed by atoms with Gasteiger partial charge in [0.25, 0.3) is 5.88 Å². The maximum Gasteiger partial charge on any atom is 0.253 e. The van der Waals surface area contributed by atoms with Crippen molar-refractivity contribution in [3.05, 3.63) is 17.5 Å². The number of aromatic nitrogens is 4. The van der Waals surface area contributed by atoms with Crippen molar-refractivity contribution in [3.8, 4) is 11.8 Å². The molecule has 2 atom stereocenters. The largest absolute Gasteiger partial charge is 0.476 e. The lowest BCUT2D eigenvalue weighted by Gasteiger charge is -2.44. The fraction of sp³-hybridized carbons (Fsp3) is 0.786. The number of hydrogen-bond donors (Lipinski definition) is 0. The summed E-state index contributed by atoms with van der Waals surface area (Å²) in [4.78, 5) is 4.90. The Morgan fingerprint density at radius 1 is 0.895 bits per heavy atom. The van der Waals surface area contributed by atoms with Crippen molar-refractivity contribution in [2.45, 2.75) is 90.5 Å². The minimum Gasteiger partial charge on any atom is -0.476 e. The minimum atomic E-state index is 0.558. The van der Waals surface area contributed by atoms with Crippen LogP contribution in [0.4, 0.5) is 0 Å². The van der Waals surface area contributed by atoms with Gasteiger partial charge in [-0.1, -0.05) is 45.6 Å². The molecule has 2 bridgehead atoms. The molecular weight excluding hydrogens is 516 g/mol. The summed E-state index contributed by atoms with van der Waals surface area (Å²) in [5, 5.41) is 0. The standard InChI is InChI=1S/C15H25N3OS.C13H21N3OS/c1-4-5-6-7-10-19-15-14(16-20-17-15)13-9-8-12(2)18(3)11-13;1-2-3-8-17-13-12(14-18-15-13)11-9-16-6-4-10(11)5-7-16/h9,12H,4-8,10-11H2,1-3H3;10-11H,2-9H2,1H3. The van der Waals surface area contributed by atoms with Crippen LogP contribution in [-0.4, -0.2) is 79.8 Å². The van der Waals surface area contributed by atoms with Gasteiger partial charge in [0, 0.05) is 25.0 Å². The summed E-state index contributed by atoms with van der Waals surface area (Å²) in [5.41, 5.74) is 3.33. The van der Waals surface area contributed by atoms with Crippen molar-refractivity contribution in [1.82, 2.24) is 27.3 Å². The van der Waals surface area contributed by atoms with Crippen LogP contribution in [0.3, 0.4) is 0 Å². The molecule has 212 valence electrons. The first-order chi connectivity index (χ1) is 18.6. The van der Waals surface area contributed by atoms with Crippen molar-refractivity contribution >= 4 is 29.0 Å². The fourth-order valence-corrected chi connectivity index (χ4v) is 6.52. The summed E-state index contributed by atoms with van der Waals surface area (Å²) in [6, 6.07) is 0.601. The lowest BCUT2D eigenvalue weighted by Crippen LogP contribution is -2.46. The highest BCUT2D eigenvalue weighted by atomic mass is 32.1. The lowest BCUT2D eigenvalue weighted by atomic mass is 9.77. The van der Waals surface area contributed by atoms with E-state index in [2.05, 4.69) is 61.2 Å². The van der Waals surface area contributed by atoms with Gasteiger partial charge in [-0.2, -0.15) is 8.75 Å². The summed E-state index contributed by atoms with van der Waals surface area (Å²) in [6.45, 7) is 12.8. The number of rotatable bonds is 12. The molecule has 10 heteroatoms. The molecule has 2 aromatic heterocycles. The Morgan fingerprint density at radius 3 is 2.32 bits per heavy atom. The molecule has 0 spiro atoms. The van der Waals surface area contributed by atoms with Gasteiger partial charge in [-0.05, 0) is 70.7 Å². The average Bonchev–Trinajstić information content (AvgIpc) is 3.61. The monoisotopic (exact) mass is 562 g/mol. The van der Waals surface area contributed by atoms with Gasteiger partial charge in [0.2, 0.25) is 5.88 Å². The Morgan fingerprint density at radius 2 is 1.61 bits per heavy atom. The van der Waals surface area contributed by atoms with E-state index in [0.29, 0.717) is 12.0 Å². The van der Waals surface area contributed by atoms with Crippen LogP contribution >= 0.6 is 23.5 Å². The highest BCUT2D eigenvalue weighted by Crippen LogP contribution is 2.41. The molecule has 2 aromatic rings. The number of ether oxygens (including phenoxy) is 2. The summed E-state index contributed by atoms with van der Waals surface area (Å²) >= 11 is 2.55. The van der Waals surface area contributed by atoms with Crippen LogP contribution in [0, 0.1) is 5.92 Å². The maximum absolute atomic E-state index is 5.82. The van der Waals surface area contributed by atoms with E-state index in [1.807, 2.05) is 0 Å². The van der Waals surface area contributed by atoms with Gasteiger partial charge in [-0.15, -0.1) is 8.75 Å². The highest BCUT2D eigenvalue weighted by molar-refractivity contribution is 6.99. The average molecular weight is 563 g/mol. The number of unbranched alkanes of at least 4 members (excludes halogenated alkanes) is 4. The predicted molar refractivity (Wildman–Crippen MR) is 156 cm³/mol. The van der Waals surface area contributed by atoms with E-state index in [4.69, 9.17) is 9.47 Å². The molecule has 3 fully saturated rings. The smallest absolute Gasteiger partial charge is 0.253 e. The summed E-state index contributed by atoms with van der Waals surface area (Å²) in [6.07, 6.45) is 13.1. The lowest BCUT2D eigenvalue weighted by molar-refractivity contribution is 0.0840. The summed E-state index contributed by atoms with van der Waals surface area (Å²) in [7, 11) is 2.16. The third-order valence-corrected chi connectivity index (χ3v) is 9.14. The molecule has 0 N–H and O–H groups in total. The van der Waals surface area contributed by atoms with E-state index in [-0.39, 0.29) is 0 Å². The van der Waals surface area contributed by atoms with Crippen LogP contribution < -0.4 is 9.47 Å². The van der Waals surface area contributed by atoms with E-state index < -0.39 is 0 Å². The van der Waals surface area contributed by atoms with Gasteiger partial charge >= 0.3 is 0 Å². The van der Waals surface area contributed by atoms with E-state index in [1.165, 1.54) is 74.2 Å². The summed E-state index contributed by atoms with van der Waals surface area (Å²) in [5.74, 6) is 2.89. The van der Waals surface area contributed by atoms with Gasteiger partial charge in [0.05, 0.1) is 36.7 Å². The van der Waals surface area contributed by atoms with Crippen molar-refractivity contribution in [1.29, 1.82) is 0 Å². The first kappa shape index (κ1) is 29.4. The van der Waals surface area contributed by atoms with Gasteiger partial charge in [-0.25, -0.2) is 0 Å². The Bertz CT molecular complexity index is 988. The minimum absolute atomic E-state index is 0.558. The number of hydrogen-bond acceptors (Lipinski definition) is 10. The Kier molecular flexibility index (Phi) is 11.8. The molecule has 0 aliphatic carbocycles.